The van der Waals surface area contributed by atoms with Crippen molar-refractivity contribution < 1.29 is 22.0 Å². The van der Waals surface area contributed by atoms with E-state index >= 15 is 0 Å². The van der Waals surface area contributed by atoms with Gasteiger partial charge in [0.1, 0.15) is 0 Å². The van der Waals surface area contributed by atoms with Crippen LogP contribution >= 0.6 is 11.6 Å². The summed E-state index contributed by atoms with van der Waals surface area (Å²) in [6.07, 6.45) is -4.70. The number of benzene rings is 1. The Morgan fingerprint density at radius 1 is 1.20 bits per heavy atom. The molecule has 0 fully saturated rings. The molecule has 0 unspecified atom stereocenters. The molecule has 0 saturated heterocycles. The minimum Gasteiger partial charge on any atom is -0.204 e. The zero-order valence-corrected chi connectivity index (χ0v) is 7.89. The topological polar surface area (TPSA) is 0 Å². The highest BCUT2D eigenvalue weighted by molar-refractivity contribution is 6.30. The van der Waals surface area contributed by atoms with Crippen molar-refractivity contribution in [2.75, 3.05) is 0 Å². The Morgan fingerprint density at radius 2 is 1.73 bits per heavy atom. The summed E-state index contributed by atoms with van der Waals surface area (Å²) in [5, 5.41) is -0.713. The van der Waals surface area contributed by atoms with Gasteiger partial charge in [0, 0.05) is 0 Å². The van der Waals surface area contributed by atoms with Crippen molar-refractivity contribution in [1.82, 2.24) is 0 Å². The van der Waals surface area contributed by atoms with Crippen LogP contribution in [0.3, 0.4) is 0 Å². The Morgan fingerprint density at radius 3 is 2.13 bits per heavy atom. The first kappa shape index (κ1) is 12.0. The van der Waals surface area contributed by atoms with E-state index < -0.39 is 34.0 Å². The van der Waals surface area contributed by atoms with Crippen LogP contribution in [0.25, 0.3) is 5.57 Å². The number of allylic oxidation sites excluding steroid dienone is 1. The first-order valence-corrected chi connectivity index (χ1v) is 4.02. The van der Waals surface area contributed by atoms with Gasteiger partial charge in [-0.05, 0) is 17.7 Å². The van der Waals surface area contributed by atoms with Crippen molar-refractivity contribution in [1.29, 1.82) is 0 Å². The summed E-state index contributed by atoms with van der Waals surface area (Å²) in [6.45, 7) is 2.74. The van der Waals surface area contributed by atoms with Crippen molar-refractivity contribution in [3.8, 4) is 0 Å². The molecule has 82 valence electrons. The molecule has 0 nitrogen and oxygen atoms in total. The molecule has 0 saturated carbocycles. The monoisotopic (exact) mass is 242 g/mol. The highest BCUT2D eigenvalue weighted by Crippen LogP contribution is 2.34. The van der Waals surface area contributed by atoms with E-state index in [4.69, 9.17) is 11.6 Å². The average molecular weight is 243 g/mol. The van der Waals surface area contributed by atoms with Crippen LogP contribution in [-0.4, -0.2) is 6.18 Å². The molecule has 15 heavy (non-hydrogen) atoms. The van der Waals surface area contributed by atoms with E-state index in [0.717, 1.165) is 0 Å². The van der Waals surface area contributed by atoms with Crippen molar-refractivity contribution in [3.63, 3.8) is 0 Å². The van der Waals surface area contributed by atoms with E-state index in [1.165, 1.54) is 0 Å². The summed E-state index contributed by atoms with van der Waals surface area (Å²) < 4.78 is 61.8. The van der Waals surface area contributed by atoms with Gasteiger partial charge in [-0.15, -0.1) is 0 Å². The maximum Gasteiger partial charge on any atom is 0.416 e. The Labute approximate surface area is 87.0 Å². The van der Waals surface area contributed by atoms with Crippen LogP contribution < -0.4 is 0 Å². The summed E-state index contributed by atoms with van der Waals surface area (Å²) >= 11 is 5.19. The lowest BCUT2D eigenvalue weighted by atomic mass is 10.1. The highest BCUT2D eigenvalue weighted by atomic mass is 35.5. The standard InChI is InChI=1S/C9H4ClF5/c1-4(9(13,14)15)5-2-6(10)8(12)7(11)3-5/h2-3H,1H2. The third kappa shape index (κ3) is 2.47. The van der Waals surface area contributed by atoms with Gasteiger partial charge in [0.2, 0.25) is 0 Å². The van der Waals surface area contributed by atoms with Gasteiger partial charge in [0.15, 0.2) is 11.6 Å². The number of halogens is 6. The number of hydrogen-bond donors (Lipinski definition) is 0. The molecular weight excluding hydrogens is 239 g/mol. The van der Waals surface area contributed by atoms with Gasteiger partial charge in [-0.2, -0.15) is 13.2 Å². The van der Waals surface area contributed by atoms with Gasteiger partial charge in [0.05, 0.1) is 10.6 Å². The molecule has 0 bridgehead atoms. The maximum absolute atomic E-state index is 12.7. The molecule has 0 heterocycles. The number of hydrogen-bond acceptors (Lipinski definition) is 0. The van der Waals surface area contributed by atoms with Crippen LogP contribution in [0.1, 0.15) is 5.56 Å². The second kappa shape index (κ2) is 3.81. The third-order valence-corrected chi connectivity index (χ3v) is 1.95. The minimum atomic E-state index is -4.70. The molecule has 0 aliphatic carbocycles. The lowest BCUT2D eigenvalue weighted by Crippen LogP contribution is -2.10. The summed E-state index contributed by atoms with van der Waals surface area (Å²) in [6, 6.07) is 1.08. The van der Waals surface area contributed by atoms with Crippen LogP contribution in [0, 0.1) is 11.6 Å². The van der Waals surface area contributed by atoms with Gasteiger partial charge in [0.25, 0.3) is 0 Å². The van der Waals surface area contributed by atoms with Gasteiger partial charge in [-0.3, -0.25) is 0 Å². The molecule has 0 spiro atoms. The van der Waals surface area contributed by atoms with Crippen LogP contribution in [0.5, 0.6) is 0 Å². The molecule has 0 aliphatic rings. The van der Waals surface area contributed by atoms with E-state index in [9.17, 15) is 22.0 Å². The second-order valence-corrected chi connectivity index (χ2v) is 3.14. The molecule has 1 aromatic carbocycles. The van der Waals surface area contributed by atoms with Gasteiger partial charge in [-0.25, -0.2) is 8.78 Å². The van der Waals surface area contributed by atoms with Crippen LogP contribution in [-0.2, 0) is 0 Å². The number of alkyl halides is 3. The first-order chi connectivity index (χ1) is 6.73. The Balaban J connectivity index is 3.24. The Kier molecular flexibility index (Phi) is 3.04. The fourth-order valence-corrected chi connectivity index (χ4v) is 1.10. The largest absolute Gasteiger partial charge is 0.416 e. The summed E-state index contributed by atoms with van der Waals surface area (Å²) in [5.74, 6) is -2.82. The molecule has 0 aliphatic heterocycles. The first-order valence-electron chi connectivity index (χ1n) is 3.64. The van der Waals surface area contributed by atoms with Crippen molar-refractivity contribution in [3.05, 3.63) is 40.9 Å². The molecule has 1 rings (SSSR count). The normalized spacial score (nSPS) is 11.6. The Bertz CT molecular complexity index is 384. The summed E-state index contributed by atoms with van der Waals surface area (Å²) in [7, 11) is 0. The number of rotatable bonds is 1. The molecule has 1 aromatic rings. The van der Waals surface area contributed by atoms with Gasteiger partial charge in [-0.1, -0.05) is 18.2 Å². The predicted octanol–water partition coefficient (Wildman–Crippen LogP) is 4.19. The van der Waals surface area contributed by atoms with Crippen LogP contribution in [0.4, 0.5) is 22.0 Å². The second-order valence-electron chi connectivity index (χ2n) is 2.73. The van der Waals surface area contributed by atoms with E-state index in [2.05, 4.69) is 6.58 Å². The molecule has 0 radical (unpaired) electrons. The molecule has 6 heteroatoms. The third-order valence-electron chi connectivity index (χ3n) is 1.67. The predicted molar refractivity (Wildman–Crippen MR) is 46.5 cm³/mol. The fourth-order valence-electron chi connectivity index (χ4n) is 0.893. The van der Waals surface area contributed by atoms with E-state index in [0.29, 0.717) is 12.1 Å². The summed E-state index contributed by atoms with van der Waals surface area (Å²) in [4.78, 5) is 0. The van der Waals surface area contributed by atoms with E-state index in [1.807, 2.05) is 0 Å². The lowest BCUT2D eigenvalue weighted by molar-refractivity contribution is -0.0686. The van der Waals surface area contributed by atoms with E-state index in [-0.39, 0.29) is 0 Å². The Hall–Kier alpha value is -1.10. The molecular formula is C9H4ClF5. The summed E-state index contributed by atoms with van der Waals surface area (Å²) in [5.41, 5.74) is -1.87. The molecule has 0 aromatic heterocycles. The fraction of sp³-hybridized carbons (Fsp3) is 0.111. The quantitative estimate of drug-likeness (QED) is 0.512. The van der Waals surface area contributed by atoms with E-state index in [1.54, 1.807) is 0 Å². The van der Waals surface area contributed by atoms with Crippen molar-refractivity contribution >= 4 is 17.2 Å². The smallest absolute Gasteiger partial charge is 0.204 e. The van der Waals surface area contributed by atoms with Crippen molar-refractivity contribution in [2.24, 2.45) is 0 Å². The molecule has 0 atom stereocenters. The van der Waals surface area contributed by atoms with Gasteiger partial charge < -0.3 is 0 Å². The van der Waals surface area contributed by atoms with Crippen LogP contribution in [0.2, 0.25) is 5.02 Å². The van der Waals surface area contributed by atoms with Gasteiger partial charge >= 0.3 is 6.18 Å². The SMILES string of the molecule is C=C(c1cc(F)c(F)c(Cl)c1)C(F)(F)F. The highest BCUT2D eigenvalue weighted by Gasteiger charge is 2.33. The lowest BCUT2D eigenvalue weighted by Gasteiger charge is -2.10. The molecule has 0 amide bonds. The average Bonchev–Trinajstić information content (AvgIpc) is 2.10. The zero-order valence-electron chi connectivity index (χ0n) is 7.13. The van der Waals surface area contributed by atoms with Crippen molar-refractivity contribution in [2.45, 2.75) is 6.18 Å². The maximum atomic E-state index is 12.7. The van der Waals surface area contributed by atoms with Crippen LogP contribution in [0.15, 0.2) is 18.7 Å². The zero-order chi connectivity index (χ0) is 11.8. The molecule has 0 N–H and O–H groups in total. The minimum absolute atomic E-state index is 0.400.